The molecule has 0 heterocycles. The van der Waals surface area contributed by atoms with Crippen molar-refractivity contribution in [3.63, 3.8) is 0 Å². The van der Waals surface area contributed by atoms with Gasteiger partial charge < -0.3 is 29.4 Å². The van der Waals surface area contributed by atoms with E-state index in [1.165, 1.54) is 0 Å². The Morgan fingerprint density at radius 1 is 0.142 bits per heavy atom. The van der Waals surface area contributed by atoms with E-state index in [9.17, 15) is 0 Å². The lowest BCUT2D eigenvalue weighted by Crippen LogP contribution is -2.36. The van der Waals surface area contributed by atoms with E-state index in [0.29, 0.717) is 33.4 Å². The second-order valence-corrected chi connectivity index (χ2v) is 31.6. The molecule has 0 amide bonds. The first kappa shape index (κ1) is 92.6. The molecule has 0 spiro atoms. The third kappa shape index (κ3) is 29.3. The molecule has 594 valence electrons. The molecule has 0 radical (unpaired) electrons. The lowest BCUT2D eigenvalue weighted by molar-refractivity contribution is 0.608. The summed E-state index contributed by atoms with van der Waals surface area (Å²) in [6.45, 7) is 52.5. The van der Waals surface area contributed by atoms with Crippen LogP contribution in [0.25, 0.3) is 0 Å². The molecule has 0 aliphatic rings. The Balaban J connectivity index is 1.58. The van der Waals surface area contributed by atoms with Gasteiger partial charge in [0.25, 0.3) is 0 Å². The van der Waals surface area contributed by atoms with Crippen LogP contribution in [-0.2, 0) is 0 Å². The van der Waals surface area contributed by atoms with Crippen LogP contribution < -0.4 is 29.4 Å². The van der Waals surface area contributed by atoms with Crippen molar-refractivity contribution in [3.05, 3.63) is 358 Å². The first-order valence-corrected chi connectivity index (χ1v) is 41.2. The Bertz CT molecular complexity index is 4360. The van der Waals surface area contributed by atoms with Gasteiger partial charge in [-0.25, -0.2) is 0 Å². The van der Waals surface area contributed by atoms with Crippen LogP contribution in [-0.4, -0.2) is 72.5 Å². The van der Waals surface area contributed by atoms with Crippen LogP contribution in [0.2, 0.25) is 0 Å². The topological polar surface area (TPSA) is 19.4 Å². The predicted molar refractivity (Wildman–Crippen MR) is 495 cm³/mol. The largest absolute Gasteiger partial charge is 0.367 e. The minimum atomic E-state index is 0.283. The van der Waals surface area contributed by atoms with Crippen LogP contribution in [0.3, 0.4) is 0 Å². The van der Waals surface area contributed by atoms with Crippen molar-refractivity contribution >= 4 is 34.1 Å². The van der Waals surface area contributed by atoms with Crippen molar-refractivity contribution in [1.29, 1.82) is 0 Å². The van der Waals surface area contributed by atoms with Crippen molar-refractivity contribution in [2.45, 2.75) is 239 Å². The molecule has 0 saturated heterocycles. The maximum absolute atomic E-state index is 3.35. The zero-order chi connectivity index (χ0) is 87.2. The Morgan fingerprint density at radius 3 is 0.342 bits per heavy atom. The maximum atomic E-state index is 3.35. The van der Waals surface area contributed by atoms with E-state index in [-0.39, 0.29) is 72.5 Å². The molecule has 7 aromatic carbocycles. The maximum Gasteiger partial charge on any atom is 0.0999 e. The lowest BCUT2D eigenvalue weighted by Gasteiger charge is -2.33. The van der Waals surface area contributed by atoms with Crippen molar-refractivity contribution in [2.75, 3.05) is 29.4 Å². The third-order valence-electron chi connectivity index (χ3n) is 18.5. The van der Waals surface area contributed by atoms with Gasteiger partial charge >= 0.3 is 0 Å². The summed E-state index contributed by atoms with van der Waals surface area (Å²) < 4.78 is 0. The fraction of sp³-hybridized carbons (Fsp3) is 0.316. The van der Waals surface area contributed by atoms with E-state index >= 15 is 0 Å². The molecule has 0 atom stereocenters. The monoisotopic (exact) mass is 1560 g/mol. The summed E-state index contributed by atoms with van der Waals surface area (Å²) in [5, 5.41) is 0. The number of anilines is 6. The fourth-order valence-electron chi connectivity index (χ4n) is 14.1. The third-order valence-corrected chi connectivity index (χ3v) is 18.5. The summed E-state index contributed by atoms with van der Waals surface area (Å²) in [6, 6.07) is 124. The number of benzene rings is 6. The minimum absolute atomic E-state index is 0.283. The second kappa shape index (κ2) is 47.4. The highest BCUT2D eigenvalue weighted by Crippen LogP contribution is 2.27. The van der Waals surface area contributed by atoms with Crippen LogP contribution in [0.1, 0.15) is 233 Å². The molecule has 0 bridgehead atoms. The van der Waals surface area contributed by atoms with Crippen LogP contribution in [0, 0.1) is 217 Å². The molecule has 0 aliphatic heterocycles. The molecule has 6 heteroatoms. The molecule has 6 nitrogen and oxygen atoms in total. The van der Waals surface area contributed by atoms with Gasteiger partial charge in [-0.3, -0.25) is 0 Å². The van der Waals surface area contributed by atoms with Crippen molar-refractivity contribution in [3.8, 4) is 71.0 Å². The highest BCUT2D eigenvalue weighted by molar-refractivity contribution is 5.61. The van der Waals surface area contributed by atoms with E-state index in [1.807, 2.05) is 72.8 Å². The van der Waals surface area contributed by atoms with Gasteiger partial charge in [0, 0.05) is 140 Å². The number of rotatable bonds is 18. The Kier molecular flexibility index (Phi) is 36.6. The standard InChI is InChI=1S/C114H108N6/c1-85(2)115(86(3)4)109-73-55-97(56-74-109)49-67-103-43-37-31-25-26-33-39-45-105(69-51-99-59-77-111(78-60-99)117(89(9)10)90(11)12)107(71-53-101-63-81-113(82-64-101)119(93(17)18)94(19)20)47-41-35-29-30-36-42-48-108(72-54-102-65-83-114(84-66-102)120(95(21)22)96(23)24)106(70-52-100-61-79-112(80-62-100)118(91(13)14)92(15)16)46-40-34-28-27-32-38-44-104(103)68-50-98-57-75-110(76-58-98)116(87(5)6)88(7)8/h55-66,73-96H,1-24H3. The molecular weight excluding hydrogens is 1450 g/mol. The normalized spacial score (nSPS) is 9.70. The molecule has 0 saturated carbocycles. The zero-order valence-corrected chi connectivity index (χ0v) is 74.5. The number of hydrogen-bond donors (Lipinski definition) is 0. The molecular formula is C114H108N6. The highest BCUT2D eigenvalue weighted by atomic mass is 15.2. The van der Waals surface area contributed by atoms with Crippen molar-refractivity contribution in [1.82, 2.24) is 0 Å². The summed E-state index contributed by atoms with van der Waals surface area (Å²) in [6.07, 6.45) is 0. The van der Waals surface area contributed by atoms with E-state index in [1.54, 1.807) is 0 Å². The average Bonchev–Trinajstić information content (AvgIpc) is 0.875. The Hall–Kier alpha value is -14.6. The summed E-state index contributed by atoms with van der Waals surface area (Å²) in [5.41, 5.74) is 13.0. The van der Waals surface area contributed by atoms with E-state index in [2.05, 4.69) is 485 Å². The van der Waals surface area contributed by atoms with Crippen LogP contribution in [0.5, 0.6) is 0 Å². The van der Waals surface area contributed by atoms with E-state index in [0.717, 1.165) is 67.5 Å². The van der Waals surface area contributed by atoms with Crippen LogP contribution >= 0.6 is 0 Å². The molecule has 0 aromatic heterocycles. The van der Waals surface area contributed by atoms with Gasteiger partial charge in [-0.2, -0.15) is 0 Å². The number of hydrogen-bond acceptors (Lipinski definition) is 6. The van der Waals surface area contributed by atoms with Gasteiger partial charge in [0.15, 0.2) is 0 Å². The fourth-order valence-corrected chi connectivity index (χ4v) is 14.1. The zero-order valence-electron chi connectivity index (χ0n) is 74.5. The molecule has 7 rings (SSSR count). The molecule has 120 heavy (non-hydrogen) atoms. The van der Waals surface area contributed by atoms with Gasteiger partial charge in [-0.05, 0) is 457 Å². The SMILES string of the molecule is CC(C)N(c1ccc(C#Cc2c#cc#cc#cc#cc(C#Cc3ccc(N(C(C)C)C(C)C)cc3)c(C#Cc3ccc(N(C(C)C)C(C)C)cc3)c#cc#cc#cc#cc(C#Cc3ccc(N(C(C)C)C(C)C)cc3)c(C#Cc3ccc(N(C(C)C)C(C)C)cc3)c#cc#cc#cc#cc2C#Cc2ccc(N(C(C)C)C(C)C)cc2)cc1)C(C)C. The lowest BCUT2D eigenvalue weighted by atomic mass is 10.1. The first-order chi connectivity index (χ1) is 57.5. The van der Waals surface area contributed by atoms with Gasteiger partial charge in [0.2, 0.25) is 0 Å². The smallest absolute Gasteiger partial charge is 0.0999 e. The van der Waals surface area contributed by atoms with Crippen LogP contribution in [0.15, 0.2) is 146 Å². The quantitative estimate of drug-likeness (QED) is 0.0792. The predicted octanol–water partition coefficient (Wildman–Crippen LogP) is 21.8. The Morgan fingerprint density at radius 2 is 0.242 bits per heavy atom. The Labute approximate surface area is 726 Å². The summed E-state index contributed by atoms with van der Waals surface area (Å²) >= 11 is 0. The van der Waals surface area contributed by atoms with E-state index in [4.69, 9.17) is 0 Å². The highest BCUT2D eigenvalue weighted by Gasteiger charge is 2.20. The van der Waals surface area contributed by atoms with Gasteiger partial charge in [0.1, 0.15) is 0 Å². The van der Waals surface area contributed by atoms with Crippen LogP contribution in [0.4, 0.5) is 34.1 Å². The van der Waals surface area contributed by atoms with E-state index < -0.39 is 0 Å². The molecule has 0 unspecified atom stereocenters. The minimum Gasteiger partial charge on any atom is -0.367 e. The molecule has 0 aliphatic carbocycles. The molecule has 0 N–H and O–H groups in total. The number of nitrogens with zero attached hydrogens (tertiary/aromatic N) is 6. The average molecular weight is 1560 g/mol. The van der Waals surface area contributed by atoms with Gasteiger partial charge in [0.05, 0.1) is 33.4 Å². The van der Waals surface area contributed by atoms with Gasteiger partial charge in [-0.1, -0.05) is 71.0 Å². The summed E-state index contributed by atoms with van der Waals surface area (Å²) in [5.74, 6) is 40.0. The van der Waals surface area contributed by atoms with Crippen molar-refractivity contribution < 1.29 is 0 Å². The van der Waals surface area contributed by atoms with Gasteiger partial charge in [-0.15, -0.1) is 0 Å². The second-order valence-electron chi connectivity index (χ2n) is 31.6. The molecule has 7 aromatic rings. The van der Waals surface area contributed by atoms with Crippen molar-refractivity contribution in [2.24, 2.45) is 0 Å². The summed E-state index contributed by atoms with van der Waals surface area (Å²) in [4.78, 5) is 14.2. The molecule has 0 fully saturated rings. The first-order valence-electron chi connectivity index (χ1n) is 41.2. The summed E-state index contributed by atoms with van der Waals surface area (Å²) in [7, 11) is 0.